The molecule has 0 aliphatic carbocycles. The van der Waals surface area contributed by atoms with Crippen LogP contribution < -0.4 is 0 Å². The van der Waals surface area contributed by atoms with Gasteiger partial charge in [0.15, 0.2) is 0 Å². The lowest BCUT2D eigenvalue weighted by atomic mass is 10.1. The van der Waals surface area contributed by atoms with E-state index in [9.17, 15) is 4.79 Å². The second-order valence-electron chi connectivity index (χ2n) is 5.42. The fourth-order valence-electron chi connectivity index (χ4n) is 2.88. The Balaban J connectivity index is 2.01. The van der Waals surface area contributed by atoms with E-state index in [4.69, 9.17) is 0 Å². The first kappa shape index (κ1) is 16.0. The van der Waals surface area contributed by atoms with E-state index in [1.807, 2.05) is 11.1 Å². The molecular formula is C15H27N5O. The summed E-state index contributed by atoms with van der Waals surface area (Å²) in [5.41, 5.74) is 0. The number of H-pyrrole nitrogens is 1. The third-order valence-electron chi connectivity index (χ3n) is 4.34. The Bertz CT molecular complexity index is 429. The zero-order chi connectivity index (χ0) is 15.2. The number of nitrogens with one attached hydrogen (secondary N) is 1. The summed E-state index contributed by atoms with van der Waals surface area (Å²) >= 11 is 0. The topological polar surface area (TPSA) is 55.5 Å². The number of hydrogen-bond donors (Lipinski definition) is 1. The summed E-state index contributed by atoms with van der Waals surface area (Å²) in [6, 6.07) is 0.180. The molecule has 1 aliphatic rings. The van der Waals surface area contributed by atoms with Crippen LogP contribution >= 0.6 is 0 Å². The molecule has 1 amide bonds. The predicted molar refractivity (Wildman–Crippen MR) is 82.9 cm³/mol. The monoisotopic (exact) mass is 293 g/mol. The van der Waals surface area contributed by atoms with E-state index in [2.05, 4.69) is 40.5 Å². The number of carbonyl (C=O) groups is 1. The van der Waals surface area contributed by atoms with E-state index >= 15 is 0 Å². The number of imidazole rings is 1. The number of amides is 1. The predicted octanol–water partition coefficient (Wildman–Crippen LogP) is 0.957. The second-order valence-corrected chi connectivity index (χ2v) is 5.42. The van der Waals surface area contributed by atoms with E-state index < -0.39 is 0 Å². The maximum Gasteiger partial charge on any atom is 0.236 e. The SMILES string of the molecule is CCN(CC)CC(=O)N1CCN(CC)[C@@H](c2ncc[nH]2)C1. The largest absolute Gasteiger partial charge is 0.347 e. The highest BCUT2D eigenvalue weighted by Gasteiger charge is 2.31. The number of piperazine rings is 1. The van der Waals surface area contributed by atoms with Crippen molar-refractivity contribution in [2.75, 3.05) is 45.8 Å². The van der Waals surface area contributed by atoms with E-state index in [0.717, 1.165) is 45.1 Å². The van der Waals surface area contributed by atoms with Gasteiger partial charge in [0, 0.05) is 32.0 Å². The van der Waals surface area contributed by atoms with E-state index in [1.54, 1.807) is 6.20 Å². The van der Waals surface area contributed by atoms with Gasteiger partial charge in [-0.05, 0) is 19.6 Å². The van der Waals surface area contributed by atoms with E-state index in [1.165, 1.54) is 0 Å². The number of aromatic amines is 1. The molecule has 0 radical (unpaired) electrons. The highest BCUT2D eigenvalue weighted by atomic mass is 16.2. The molecule has 6 heteroatoms. The molecule has 21 heavy (non-hydrogen) atoms. The summed E-state index contributed by atoms with van der Waals surface area (Å²) < 4.78 is 0. The lowest BCUT2D eigenvalue weighted by Crippen LogP contribution is -2.52. The van der Waals surface area contributed by atoms with Gasteiger partial charge in [0.05, 0.1) is 12.6 Å². The minimum atomic E-state index is 0.180. The highest BCUT2D eigenvalue weighted by molar-refractivity contribution is 5.78. The van der Waals surface area contributed by atoms with Crippen molar-refractivity contribution in [3.63, 3.8) is 0 Å². The minimum absolute atomic E-state index is 0.180. The van der Waals surface area contributed by atoms with Crippen LogP contribution in [0.5, 0.6) is 0 Å². The molecule has 1 fully saturated rings. The number of aromatic nitrogens is 2. The van der Waals surface area contributed by atoms with E-state index in [-0.39, 0.29) is 11.9 Å². The molecule has 0 bridgehead atoms. The highest BCUT2D eigenvalue weighted by Crippen LogP contribution is 2.22. The average Bonchev–Trinajstić information content (AvgIpc) is 3.05. The molecule has 1 saturated heterocycles. The van der Waals surface area contributed by atoms with Crippen molar-refractivity contribution in [1.29, 1.82) is 0 Å². The second kappa shape index (κ2) is 7.56. The summed E-state index contributed by atoms with van der Waals surface area (Å²) in [6.07, 6.45) is 3.62. The quantitative estimate of drug-likeness (QED) is 0.849. The Morgan fingerprint density at radius 3 is 2.71 bits per heavy atom. The number of nitrogens with zero attached hydrogens (tertiary/aromatic N) is 4. The van der Waals surface area contributed by atoms with Crippen LogP contribution in [-0.4, -0.2) is 76.4 Å². The molecule has 0 saturated carbocycles. The molecule has 118 valence electrons. The summed E-state index contributed by atoms with van der Waals surface area (Å²) in [5, 5.41) is 0. The van der Waals surface area contributed by atoms with Gasteiger partial charge in [0.1, 0.15) is 5.82 Å². The van der Waals surface area contributed by atoms with Gasteiger partial charge >= 0.3 is 0 Å². The zero-order valence-corrected chi connectivity index (χ0v) is 13.4. The summed E-state index contributed by atoms with van der Waals surface area (Å²) in [5.74, 6) is 1.18. The first-order valence-electron chi connectivity index (χ1n) is 7.93. The molecule has 0 unspecified atom stereocenters. The molecule has 6 nitrogen and oxygen atoms in total. The molecule has 0 spiro atoms. The van der Waals surface area contributed by atoms with Crippen molar-refractivity contribution in [2.45, 2.75) is 26.8 Å². The number of likely N-dealkylation sites (N-methyl/N-ethyl adjacent to an activating group) is 2. The summed E-state index contributed by atoms with van der Waals surface area (Å²) in [4.78, 5) is 26.6. The van der Waals surface area contributed by atoms with Crippen molar-refractivity contribution < 1.29 is 4.79 Å². The molecule has 2 rings (SSSR count). The van der Waals surface area contributed by atoms with Crippen LogP contribution in [-0.2, 0) is 4.79 Å². The Kier molecular flexibility index (Phi) is 5.76. The van der Waals surface area contributed by atoms with Gasteiger partial charge in [-0.15, -0.1) is 0 Å². The van der Waals surface area contributed by atoms with Crippen LogP contribution in [0.4, 0.5) is 0 Å². The molecule has 0 aromatic carbocycles. The first-order chi connectivity index (χ1) is 10.2. The van der Waals surface area contributed by atoms with Crippen molar-refractivity contribution in [3.05, 3.63) is 18.2 Å². The van der Waals surface area contributed by atoms with Crippen LogP contribution in [0.1, 0.15) is 32.6 Å². The maximum absolute atomic E-state index is 12.5. The number of hydrogen-bond acceptors (Lipinski definition) is 4. The third-order valence-corrected chi connectivity index (χ3v) is 4.34. The molecular weight excluding hydrogens is 266 g/mol. The minimum Gasteiger partial charge on any atom is -0.347 e. The molecule has 1 atom stereocenters. The van der Waals surface area contributed by atoms with Crippen LogP contribution in [0.2, 0.25) is 0 Å². The molecule has 2 heterocycles. The Hall–Kier alpha value is -1.40. The van der Waals surface area contributed by atoms with Crippen molar-refractivity contribution >= 4 is 5.91 Å². The molecule has 1 aromatic heterocycles. The Labute approximate surface area is 127 Å². The molecule has 1 N–H and O–H groups in total. The summed E-state index contributed by atoms with van der Waals surface area (Å²) in [6.45, 7) is 12.1. The van der Waals surface area contributed by atoms with Crippen LogP contribution in [0.3, 0.4) is 0 Å². The maximum atomic E-state index is 12.5. The third kappa shape index (κ3) is 3.83. The van der Waals surface area contributed by atoms with Gasteiger partial charge in [-0.2, -0.15) is 0 Å². The normalized spacial score (nSPS) is 20.2. The van der Waals surface area contributed by atoms with Gasteiger partial charge in [0.25, 0.3) is 0 Å². The number of rotatable bonds is 6. The van der Waals surface area contributed by atoms with Gasteiger partial charge in [0.2, 0.25) is 5.91 Å². The van der Waals surface area contributed by atoms with Crippen molar-refractivity contribution in [1.82, 2.24) is 24.7 Å². The average molecular weight is 293 g/mol. The lowest BCUT2D eigenvalue weighted by Gasteiger charge is -2.40. The van der Waals surface area contributed by atoms with Gasteiger partial charge in [-0.1, -0.05) is 20.8 Å². The van der Waals surface area contributed by atoms with Crippen molar-refractivity contribution in [2.24, 2.45) is 0 Å². The fraction of sp³-hybridized carbons (Fsp3) is 0.733. The molecule has 1 aromatic rings. The van der Waals surface area contributed by atoms with Gasteiger partial charge < -0.3 is 9.88 Å². The zero-order valence-electron chi connectivity index (χ0n) is 13.4. The number of carbonyl (C=O) groups excluding carboxylic acids is 1. The van der Waals surface area contributed by atoms with E-state index in [0.29, 0.717) is 6.54 Å². The Morgan fingerprint density at radius 2 is 2.14 bits per heavy atom. The smallest absolute Gasteiger partial charge is 0.236 e. The molecule has 1 aliphatic heterocycles. The van der Waals surface area contributed by atoms with Gasteiger partial charge in [-0.3, -0.25) is 14.6 Å². The van der Waals surface area contributed by atoms with Crippen LogP contribution in [0, 0.1) is 0 Å². The van der Waals surface area contributed by atoms with Crippen molar-refractivity contribution in [3.8, 4) is 0 Å². The van der Waals surface area contributed by atoms with Crippen LogP contribution in [0.25, 0.3) is 0 Å². The summed E-state index contributed by atoms with van der Waals surface area (Å²) in [7, 11) is 0. The lowest BCUT2D eigenvalue weighted by molar-refractivity contribution is -0.135. The standard InChI is InChI=1S/C15H27N5O/c1-4-18(5-2)12-14(21)20-10-9-19(6-3)13(11-20)15-16-7-8-17-15/h7-8,13H,4-6,9-12H2,1-3H3,(H,16,17)/t13-/m1/s1. The Morgan fingerprint density at radius 1 is 1.38 bits per heavy atom. The fourth-order valence-corrected chi connectivity index (χ4v) is 2.88. The first-order valence-corrected chi connectivity index (χ1v) is 7.93. The van der Waals surface area contributed by atoms with Crippen LogP contribution in [0.15, 0.2) is 12.4 Å². The van der Waals surface area contributed by atoms with Gasteiger partial charge in [-0.25, -0.2) is 4.98 Å².